The van der Waals surface area contributed by atoms with Crippen LogP contribution in [0.4, 0.5) is 23.7 Å². The molecule has 3 aromatic rings. The Hall–Kier alpha value is -3.57. The number of ether oxygens (including phenoxy) is 1. The lowest BCUT2D eigenvalue weighted by atomic mass is 10.2. The van der Waals surface area contributed by atoms with E-state index >= 15 is 0 Å². The molecule has 0 saturated heterocycles. The molecule has 0 unspecified atom stereocenters. The minimum atomic E-state index is -4.70. The zero-order valence-corrected chi connectivity index (χ0v) is 20.4. The molecule has 3 rings (SSSR count). The van der Waals surface area contributed by atoms with Crippen LogP contribution in [0.15, 0.2) is 77.7 Å². The van der Waals surface area contributed by atoms with E-state index in [1.165, 1.54) is 30.2 Å². The molecule has 0 aliphatic rings. The zero-order valence-electron chi connectivity index (χ0n) is 19.6. The molecule has 0 heterocycles. The normalized spacial score (nSPS) is 11.7. The number of urea groups is 1. The highest BCUT2D eigenvalue weighted by atomic mass is 32.2. The Morgan fingerprint density at radius 1 is 1.00 bits per heavy atom. The quantitative estimate of drug-likeness (QED) is 0.377. The number of carbonyl (C=O) groups is 1. The highest BCUT2D eigenvalue weighted by Gasteiger charge is 2.32. The van der Waals surface area contributed by atoms with Crippen LogP contribution in [0.3, 0.4) is 0 Å². The van der Waals surface area contributed by atoms with Crippen LogP contribution < -0.4 is 9.50 Å². The third kappa shape index (κ3) is 7.46. The summed E-state index contributed by atoms with van der Waals surface area (Å²) in [6.07, 6.45) is -4.70. The molecule has 0 aliphatic carbocycles. The number of hydrogen-bond acceptors (Lipinski definition) is 5. The fourth-order valence-corrected chi connectivity index (χ4v) is 4.18. The van der Waals surface area contributed by atoms with Crippen molar-refractivity contribution in [1.29, 1.82) is 0 Å². The van der Waals surface area contributed by atoms with Gasteiger partial charge in [0.15, 0.2) is 0 Å². The number of aryl methyl sites for hydroxylation is 1. The lowest BCUT2D eigenvalue weighted by molar-refractivity contribution is -0.137. The molecular weight excluding hydrogens is 497 g/mol. The number of nitrogens with one attached hydrogen (secondary N) is 1. The fourth-order valence-electron chi connectivity index (χ4n) is 3.21. The Balaban J connectivity index is 1.77. The molecule has 0 spiro atoms. The van der Waals surface area contributed by atoms with E-state index in [0.717, 1.165) is 23.8 Å². The highest BCUT2D eigenvalue weighted by molar-refractivity contribution is 7.87. The number of amides is 2. The summed E-state index contributed by atoms with van der Waals surface area (Å²) in [5.41, 5.74) is 1.09. The number of hydrogen-bond donors (Lipinski definition) is 1. The third-order valence-corrected chi connectivity index (χ3v) is 6.33. The molecule has 3 aromatic carbocycles. The predicted molar refractivity (Wildman–Crippen MR) is 128 cm³/mol. The van der Waals surface area contributed by atoms with Gasteiger partial charge in [-0.1, -0.05) is 35.9 Å². The average Bonchev–Trinajstić information content (AvgIpc) is 2.82. The Bertz CT molecular complexity index is 1300. The minimum absolute atomic E-state index is 0.0991. The molecule has 0 atom stereocenters. The monoisotopic (exact) mass is 522 g/mol. The van der Waals surface area contributed by atoms with Crippen LogP contribution in [0, 0.1) is 6.92 Å². The summed E-state index contributed by atoms with van der Waals surface area (Å²) in [4.78, 5) is 13.7. The Morgan fingerprint density at radius 3 is 2.36 bits per heavy atom. The maximum atomic E-state index is 13.0. The number of halogens is 3. The smallest absolute Gasteiger partial charge is 0.383 e. The number of methoxy groups -OCH3 is 1. The van der Waals surface area contributed by atoms with Gasteiger partial charge in [0.2, 0.25) is 0 Å². The van der Waals surface area contributed by atoms with Gasteiger partial charge in [0.25, 0.3) is 0 Å². The van der Waals surface area contributed by atoms with E-state index in [-0.39, 0.29) is 31.5 Å². The SMILES string of the molecule is COCCN(Cc1cccc(OS(=O)(=O)c2cccc(C(F)(F)F)c2)c1)C(=O)Nc1ccc(C)cc1. The number of rotatable bonds is 9. The molecule has 0 fully saturated rings. The number of anilines is 1. The van der Waals surface area contributed by atoms with E-state index in [4.69, 9.17) is 8.92 Å². The van der Waals surface area contributed by atoms with Gasteiger partial charge < -0.3 is 19.1 Å². The second kappa shape index (κ2) is 11.4. The Labute approximate surface area is 207 Å². The lowest BCUT2D eigenvalue weighted by Crippen LogP contribution is -2.36. The van der Waals surface area contributed by atoms with Crippen molar-refractivity contribution in [3.63, 3.8) is 0 Å². The van der Waals surface area contributed by atoms with Gasteiger partial charge in [0.1, 0.15) is 10.6 Å². The third-order valence-electron chi connectivity index (χ3n) is 5.08. The molecule has 2 amide bonds. The van der Waals surface area contributed by atoms with Gasteiger partial charge in [-0.25, -0.2) is 4.79 Å². The van der Waals surface area contributed by atoms with E-state index in [2.05, 4.69) is 5.32 Å². The van der Waals surface area contributed by atoms with Gasteiger partial charge in [-0.3, -0.25) is 0 Å². The van der Waals surface area contributed by atoms with Crippen molar-refractivity contribution in [2.75, 3.05) is 25.6 Å². The molecule has 1 N–H and O–H groups in total. The summed E-state index contributed by atoms with van der Waals surface area (Å²) in [7, 11) is -3.03. The molecular formula is C25H25F3N2O5S. The van der Waals surface area contributed by atoms with Crippen LogP contribution >= 0.6 is 0 Å². The van der Waals surface area contributed by atoms with Crippen molar-refractivity contribution in [3.8, 4) is 5.75 Å². The van der Waals surface area contributed by atoms with Gasteiger partial charge in [0, 0.05) is 25.9 Å². The summed E-state index contributed by atoms with van der Waals surface area (Å²) in [5.74, 6) is -0.101. The van der Waals surface area contributed by atoms with Crippen LogP contribution in [0.1, 0.15) is 16.7 Å². The van der Waals surface area contributed by atoms with E-state index < -0.39 is 26.8 Å². The predicted octanol–water partition coefficient (Wildman–Crippen LogP) is 5.46. The van der Waals surface area contributed by atoms with Gasteiger partial charge in [0.05, 0.1) is 12.2 Å². The summed E-state index contributed by atoms with van der Waals surface area (Å²) < 4.78 is 74.4. The maximum absolute atomic E-state index is 13.0. The first-order valence-corrected chi connectivity index (χ1v) is 12.2. The van der Waals surface area contributed by atoms with Gasteiger partial charge in [-0.15, -0.1) is 0 Å². The average molecular weight is 523 g/mol. The zero-order chi connectivity index (χ0) is 26.3. The van der Waals surface area contributed by atoms with Crippen LogP contribution in [0.2, 0.25) is 0 Å². The van der Waals surface area contributed by atoms with Crippen LogP contribution in [-0.4, -0.2) is 39.6 Å². The molecule has 36 heavy (non-hydrogen) atoms. The van der Waals surface area contributed by atoms with Crippen LogP contribution in [0.5, 0.6) is 5.75 Å². The van der Waals surface area contributed by atoms with Crippen molar-refractivity contribution >= 4 is 21.8 Å². The Morgan fingerprint density at radius 2 is 1.69 bits per heavy atom. The summed E-state index contributed by atoms with van der Waals surface area (Å²) in [5, 5.41) is 2.80. The van der Waals surface area contributed by atoms with Gasteiger partial charge >= 0.3 is 22.3 Å². The number of nitrogens with zero attached hydrogens (tertiary/aromatic N) is 1. The highest BCUT2D eigenvalue weighted by Crippen LogP contribution is 2.31. The first-order valence-electron chi connectivity index (χ1n) is 10.8. The molecule has 0 radical (unpaired) electrons. The van der Waals surface area contributed by atoms with E-state index in [9.17, 15) is 26.4 Å². The first-order chi connectivity index (χ1) is 17.0. The summed E-state index contributed by atoms with van der Waals surface area (Å²) in [6, 6.07) is 16.2. The number of carbonyl (C=O) groups excluding carboxylic acids is 1. The maximum Gasteiger partial charge on any atom is 0.416 e. The van der Waals surface area contributed by atoms with E-state index in [0.29, 0.717) is 17.3 Å². The molecule has 0 aromatic heterocycles. The molecule has 11 heteroatoms. The number of benzene rings is 3. The molecule has 0 aliphatic heterocycles. The van der Waals surface area contributed by atoms with Crippen molar-refractivity contribution in [2.45, 2.75) is 24.5 Å². The first kappa shape index (κ1) is 27.0. The van der Waals surface area contributed by atoms with Gasteiger partial charge in [-0.2, -0.15) is 21.6 Å². The standard InChI is InChI=1S/C25H25F3N2O5S/c1-18-9-11-21(12-10-18)29-24(31)30(13-14-34-2)17-19-5-3-7-22(15-19)35-36(32,33)23-8-4-6-20(16-23)25(26,27)28/h3-12,15-16H,13-14,17H2,1-2H3,(H,29,31). The molecule has 0 bridgehead atoms. The van der Waals surface area contributed by atoms with Crippen molar-refractivity contribution in [1.82, 2.24) is 4.90 Å². The van der Waals surface area contributed by atoms with Crippen LogP contribution in [-0.2, 0) is 27.6 Å². The second-order valence-electron chi connectivity index (χ2n) is 7.92. The minimum Gasteiger partial charge on any atom is -0.383 e. The molecule has 0 saturated carbocycles. The Kier molecular flexibility index (Phi) is 8.59. The summed E-state index contributed by atoms with van der Waals surface area (Å²) in [6.45, 7) is 2.55. The van der Waals surface area contributed by atoms with Crippen molar-refractivity contribution in [2.24, 2.45) is 0 Å². The molecule has 7 nitrogen and oxygen atoms in total. The van der Waals surface area contributed by atoms with Crippen molar-refractivity contribution in [3.05, 3.63) is 89.5 Å². The topological polar surface area (TPSA) is 84.9 Å². The lowest BCUT2D eigenvalue weighted by Gasteiger charge is -2.23. The van der Waals surface area contributed by atoms with E-state index in [1.807, 2.05) is 19.1 Å². The summed E-state index contributed by atoms with van der Waals surface area (Å²) >= 11 is 0. The van der Waals surface area contributed by atoms with E-state index in [1.54, 1.807) is 18.2 Å². The second-order valence-corrected chi connectivity index (χ2v) is 9.47. The van der Waals surface area contributed by atoms with Gasteiger partial charge in [-0.05, 0) is 55.0 Å². The number of alkyl halides is 3. The molecule has 192 valence electrons. The fraction of sp³-hybridized carbons (Fsp3) is 0.240. The van der Waals surface area contributed by atoms with Crippen LogP contribution in [0.25, 0.3) is 0 Å². The largest absolute Gasteiger partial charge is 0.416 e. The van der Waals surface area contributed by atoms with Crippen molar-refractivity contribution < 1.29 is 35.3 Å².